The number of carbonyl (C=O) groups excluding carboxylic acids is 1. The van der Waals surface area contributed by atoms with E-state index in [0.717, 1.165) is 3.57 Å². The number of nitro groups is 1. The molecule has 5 heteroatoms. The number of hydrogen-bond acceptors (Lipinski definition) is 3. The van der Waals surface area contributed by atoms with Crippen molar-refractivity contribution in [3.63, 3.8) is 0 Å². The van der Waals surface area contributed by atoms with Crippen molar-refractivity contribution in [2.75, 3.05) is 0 Å². The van der Waals surface area contributed by atoms with E-state index in [9.17, 15) is 14.9 Å². The van der Waals surface area contributed by atoms with E-state index in [1.54, 1.807) is 12.1 Å². The Balaban J connectivity index is 3.24. The van der Waals surface area contributed by atoms with Crippen molar-refractivity contribution in [2.24, 2.45) is 0 Å². The second-order valence-electron chi connectivity index (χ2n) is 2.37. The van der Waals surface area contributed by atoms with Crippen LogP contribution in [0.3, 0.4) is 0 Å². The van der Waals surface area contributed by atoms with E-state index in [2.05, 4.69) is 0 Å². The Bertz CT molecular complexity index is 351. The van der Waals surface area contributed by atoms with Gasteiger partial charge in [-0.2, -0.15) is 0 Å². The SMILES string of the molecule is O=CCc1c(I)cccc1[N+](=O)[O-]. The standard InChI is InChI=1S/C8H6INO3/c9-7-2-1-3-8(10(12)13)6(7)4-5-11/h1-3,5H,4H2. The summed E-state index contributed by atoms with van der Waals surface area (Å²) < 4.78 is 0.749. The smallest absolute Gasteiger partial charge is 0.274 e. The Kier molecular flexibility index (Phi) is 3.35. The summed E-state index contributed by atoms with van der Waals surface area (Å²) in [6.07, 6.45) is 0.764. The van der Waals surface area contributed by atoms with Crippen LogP contribution in [0.4, 0.5) is 5.69 Å². The maximum Gasteiger partial charge on any atom is 0.274 e. The molecule has 68 valence electrons. The van der Waals surface area contributed by atoms with Crippen molar-refractivity contribution < 1.29 is 9.72 Å². The molecule has 0 bridgehead atoms. The number of hydrogen-bond donors (Lipinski definition) is 0. The van der Waals surface area contributed by atoms with Gasteiger partial charge in [0.2, 0.25) is 0 Å². The summed E-state index contributed by atoms with van der Waals surface area (Å²) in [7, 11) is 0. The second kappa shape index (κ2) is 4.31. The van der Waals surface area contributed by atoms with Gasteiger partial charge in [-0.3, -0.25) is 10.1 Å². The van der Waals surface area contributed by atoms with E-state index in [-0.39, 0.29) is 12.1 Å². The minimum Gasteiger partial charge on any atom is -0.303 e. The third kappa shape index (κ3) is 2.24. The molecule has 1 aromatic carbocycles. The van der Waals surface area contributed by atoms with E-state index in [0.29, 0.717) is 11.8 Å². The van der Waals surface area contributed by atoms with Crippen LogP contribution in [0, 0.1) is 13.7 Å². The predicted octanol–water partition coefficient (Wildman–Crippen LogP) is 1.94. The van der Waals surface area contributed by atoms with Crippen LogP contribution in [0.5, 0.6) is 0 Å². The van der Waals surface area contributed by atoms with Gasteiger partial charge >= 0.3 is 0 Å². The zero-order valence-corrected chi connectivity index (χ0v) is 8.72. The summed E-state index contributed by atoms with van der Waals surface area (Å²) >= 11 is 1.98. The summed E-state index contributed by atoms with van der Waals surface area (Å²) in [5.41, 5.74) is 0.502. The predicted molar refractivity (Wildman–Crippen MR) is 55.6 cm³/mol. The lowest BCUT2D eigenvalue weighted by molar-refractivity contribution is -0.385. The van der Waals surface area contributed by atoms with Crippen LogP contribution in [-0.2, 0) is 11.2 Å². The molecule has 0 fully saturated rings. The molecule has 1 aromatic rings. The summed E-state index contributed by atoms with van der Waals surface area (Å²) in [5.74, 6) is 0. The number of benzene rings is 1. The Hall–Kier alpha value is -0.980. The van der Waals surface area contributed by atoms with Crippen molar-refractivity contribution in [3.05, 3.63) is 37.4 Å². The summed E-state index contributed by atoms with van der Waals surface area (Å²) in [4.78, 5) is 20.3. The molecule has 0 saturated heterocycles. The first-order chi connectivity index (χ1) is 6.16. The van der Waals surface area contributed by atoms with Gasteiger partial charge in [-0.1, -0.05) is 6.07 Å². The number of nitrogens with zero attached hydrogens (tertiary/aromatic N) is 1. The van der Waals surface area contributed by atoms with Gasteiger partial charge in [-0.25, -0.2) is 0 Å². The van der Waals surface area contributed by atoms with Crippen LogP contribution < -0.4 is 0 Å². The lowest BCUT2D eigenvalue weighted by Crippen LogP contribution is -1.98. The van der Waals surface area contributed by atoms with Crippen molar-refractivity contribution in [1.29, 1.82) is 0 Å². The molecule has 0 unspecified atom stereocenters. The van der Waals surface area contributed by atoms with Crippen molar-refractivity contribution in [1.82, 2.24) is 0 Å². The molecule has 0 atom stereocenters. The lowest BCUT2D eigenvalue weighted by Gasteiger charge is -2.00. The molecule has 0 saturated carbocycles. The van der Waals surface area contributed by atoms with Gasteiger partial charge in [0.25, 0.3) is 5.69 Å². The molecule has 0 aliphatic rings. The molecule has 1 rings (SSSR count). The number of halogens is 1. The number of rotatable bonds is 3. The van der Waals surface area contributed by atoms with E-state index in [4.69, 9.17) is 0 Å². The van der Waals surface area contributed by atoms with Crippen LogP contribution in [0.25, 0.3) is 0 Å². The minimum atomic E-state index is -0.471. The molecule has 0 amide bonds. The molecule has 0 aromatic heterocycles. The minimum absolute atomic E-state index is 0.0130. The molecule has 0 aliphatic carbocycles. The third-order valence-electron chi connectivity index (χ3n) is 1.58. The van der Waals surface area contributed by atoms with E-state index < -0.39 is 4.92 Å². The van der Waals surface area contributed by atoms with Gasteiger partial charge in [-0.05, 0) is 28.7 Å². The fourth-order valence-corrected chi connectivity index (χ4v) is 1.71. The third-order valence-corrected chi connectivity index (χ3v) is 2.59. The largest absolute Gasteiger partial charge is 0.303 e. The van der Waals surface area contributed by atoms with Crippen LogP contribution in [0.1, 0.15) is 5.56 Å². The van der Waals surface area contributed by atoms with Crippen molar-refractivity contribution in [3.8, 4) is 0 Å². The van der Waals surface area contributed by atoms with Crippen LogP contribution in [0.2, 0.25) is 0 Å². The second-order valence-corrected chi connectivity index (χ2v) is 3.53. The maximum atomic E-state index is 10.5. The molecule has 0 radical (unpaired) electrons. The highest BCUT2D eigenvalue weighted by Gasteiger charge is 2.14. The monoisotopic (exact) mass is 291 g/mol. The van der Waals surface area contributed by atoms with Gasteiger partial charge in [0.15, 0.2) is 0 Å². The van der Waals surface area contributed by atoms with Crippen molar-refractivity contribution in [2.45, 2.75) is 6.42 Å². The number of nitro benzene ring substituents is 1. The van der Waals surface area contributed by atoms with Crippen molar-refractivity contribution >= 4 is 34.6 Å². The van der Waals surface area contributed by atoms with Gasteiger partial charge in [0.1, 0.15) is 6.29 Å². The van der Waals surface area contributed by atoms with E-state index in [1.165, 1.54) is 6.07 Å². The highest BCUT2D eigenvalue weighted by Crippen LogP contribution is 2.23. The Morgan fingerprint density at radius 1 is 1.54 bits per heavy atom. The normalized spacial score (nSPS) is 9.62. The summed E-state index contributed by atoms with van der Waals surface area (Å²) in [6, 6.07) is 4.75. The first kappa shape index (κ1) is 10.1. The fourth-order valence-electron chi connectivity index (χ4n) is 1.00. The van der Waals surface area contributed by atoms with Crippen LogP contribution in [-0.4, -0.2) is 11.2 Å². The Morgan fingerprint density at radius 3 is 2.77 bits per heavy atom. The molecule has 0 spiro atoms. The quantitative estimate of drug-likeness (QED) is 0.370. The van der Waals surface area contributed by atoms with Gasteiger partial charge in [-0.15, -0.1) is 0 Å². The van der Waals surface area contributed by atoms with E-state index in [1.807, 2.05) is 22.6 Å². The molecular weight excluding hydrogens is 285 g/mol. The maximum absolute atomic E-state index is 10.5. The number of aldehydes is 1. The van der Waals surface area contributed by atoms with E-state index >= 15 is 0 Å². The Labute approximate surface area is 88.2 Å². The summed E-state index contributed by atoms with van der Waals surface area (Å²) in [6.45, 7) is 0. The number of carbonyl (C=O) groups is 1. The molecular formula is C8H6INO3. The highest BCUT2D eigenvalue weighted by molar-refractivity contribution is 14.1. The van der Waals surface area contributed by atoms with Gasteiger partial charge in [0, 0.05) is 16.1 Å². The van der Waals surface area contributed by atoms with Crippen LogP contribution >= 0.6 is 22.6 Å². The van der Waals surface area contributed by atoms with Crippen LogP contribution in [0.15, 0.2) is 18.2 Å². The van der Waals surface area contributed by atoms with Gasteiger partial charge in [0.05, 0.1) is 10.5 Å². The lowest BCUT2D eigenvalue weighted by atomic mass is 10.1. The Morgan fingerprint density at radius 2 is 2.23 bits per heavy atom. The topological polar surface area (TPSA) is 60.2 Å². The molecule has 13 heavy (non-hydrogen) atoms. The first-order valence-electron chi connectivity index (χ1n) is 3.52. The summed E-state index contributed by atoms with van der Waals surface area (Å²) in [5, 5.41) is 10.5. The average molecular weight is 291 g/mol. The zero-order valence-electron chi connectivity index (χ0n) is 6.57. The average Bonchev–Trinajstić information content (AvgIpc) is 2.08. The molecule has 4 nitrogen and oxygen atoms in total. The van der Waals surface area contributed by atoms with Gasteiger partial charge < -0.3 is 4.79 Å². The first-order valence-corrected chi connectivity index (χ1v) is 4.60. The molecule has 0 heterocycles. The molecule has 0 N–H and O–H groups in total. The highest BCUT2D eigenvalue weighted by atomic mass is 127. The fraction of sp³-hybridized carbons (Fsp3) is 0.125. The molecule has 0 aliphatic heterocycles. The zero-order chi connectivity index (χ0) is 9.84.